The van der Waals surface area contributed by atoms with Crippen LogP contribution in [0.15, 0.2) is 0 Å². The molecule has 0 atom stereocenters. The molecule has 11 heteroatoms. The molecule has 0 aromatic rings. The van der Waals surface area contributed by atoms with Gasteiger partial charge in [0.15, 0.2) is 0 Å². The summed E-state index contributed by atoms with van der Waals surface area (Å²) >= 11 is 0. The van der Waals surface area contributed by atoms with E-state index in [4.69, 9.17) is 24.8 Å². The van der Waals surface area contributed by atoms with Crippen LogP contribution in [-0.4, -0.2) is 115 Å². The maximum atomic E-state index is 11.1. The highest BCUT2D eigenvalue weighted by Gasteiger charge is 2.13. The number of aliphatic carboxylic acids is 3. The molecule has 0 unspecified atom stereocenters. The summed E-state index contributed by atoms with van der Waals surface area (Å²) in [6, 6.07) is 0. The van der Waals surface area contributed by atoms with E-state index < -0.39 is 17.9 Å². The fourth-order valence-electron chi connectivity index (χ4n) is 2.03. The maximum Gasteiger partial charge on any atom is 0.317 e. The highest BCUT2D eigenvalue weighted by atomic mass is 16.5. The van der Waals surface area contributed by atoms with Crippen molar-refractivity contribution in [1.29, 1.82) is 0 Å². The number of carbonyl (C=O) groups is 4. The number of hydrogen-bond donors (Lipinski definition) is 3. The summed E-state index contributed by atoms with van der Waals surface area (Å²) in [6.45, 7) is 1.68. The molecule has 0 radical (unpaired) electrons. The molecule has 0 aliphatic heterocycles. The number of ether oxygens (including phenoxy) is 2. The molecule has 0 bridgehead atoms. The normalized spacial score (nSPS) is 11.0. The first-order valence-electron chi connectivity index (χ1n) is 7.95. The van der Waals surface area contributed by atoms with Crippen molar-refractivity contribution in [2.45, 2.75) is 6.92 Å². The number of carboxylic acids is 3. The predicted octanol–water partition coefficient (Wildman–Crippen LogP) is -1.53. The average Bonchev–Trinajstić information content (AvgIpc) is 2.47. The summed E-state index contributed by atoms with van der Waals surface area (Å²) in [5.74, 6) is -3.40. The van der Waals surface area contributed by atoms with Crippen molar-refractivity contribution >= 4 is 23.7 Å². The fraction of sp³-hybridized carbons (Fsp3) is 0.733. The van der Waals surface area contributed by atoms with Gasteiger partial charge in [0, 0.05) is 13.1 Å². The van der Waals surface area contributed by atoms with Gasteiger partial charge >= 0.3 is 17.9 Å². The summed E-state index contributed by atoms with van der Waals surface area (Å²) in [7, 11) is 0. The van der Waals surface area contributed by atoms with Crippen molar-refractivity contribution in [2.24, 2.45) is 0 Å². The van der Waals surface area contributed by atoms with E-state index in [1.54, 1.807) is 0 Å². The summed E-state index contributed by atoms with van der Waals surface area (Å²) in [4.78, 5) is 45.7. The van der Waals surface area contributed by atoms with Gasteiger partial charge in [0.25, 0.3) is 0 Å². The van der Waals surface area contributed by atoms with Crippen molar-refractivity contribution in [3.8, 4) is 0 Å². The zero-order chi connectivity index (χ0) is 19.9. The standard InChI is InChI=1S/C15H26N2O9/c1-12(18)8-16(9-13(19)20)2-4-25-6-7-26-5-3-17(10-14(21)22)11-15(23)24/h2-11H2,1H3,(H,19,20)(H,21,22)(H,23,24). The van der Waals surface area contributed by atoms with Crippen molar-refractivity contribution in [2.75, 3.05) is 65.7 Å². The van der Waals surface area contributed by atoms with Gasteiger partial charge in [-0.15, -0.1) is 0 Å². The molecule has 0 amide bonds. The van der Waals surface area contributed by atoms with E-state index in [1.807, 2.05) is 0 Å². The van der Waals surface area contributed by atoms with E-state index >= 15 is 0 Å². The molecule has 0 aromatic carbocycles. The van der Waals surface area contributed by atoms with Gasteiger partial charge in [0.2, 0.25) is 0 Å². The Morgan fingerprint density at radius 3 is 1.31 bits per heavy atom. The van der Waals surface area contributed by atoms with Crippen LogP contribution in [0.1, 0.15) is 6.92 Å². The van der Waals surface area contributed by atoms with Gasteiger partial charge in [-0.2, -0.15) is 0 Å². The molecule has 0 fully saturated rings. The highest BCUT2D eigenvalue weighted by Crippen LogP contribution is 1.92. The van der Waals surface area contributed by atoms with E-state index in [0.717, 1.165) is 0 Å². The zero-order valence-corrected chi connectivity index (χ0v) is 14.8. The third kappa shape index (κ3) is 15.4. The van der Waals surface area contributed by atoms with Gasteiger partial charge in [0.05, 0.1) is 52.6 Å². The molecular weight excluding hydrogens is 352 g/mol. The van der Waals surface area contributed by atoms with E-state index in [9.17, 15) is 19.2 Å². The van der Waals surface area contributed by atoms with Crippen LogP contribution in [0, 0.1) is 0 Å². The second-order valence-corrected chi connectivity index (χ2v) is 5.53. The Hall–Kier alpha value is -2.08. The quantitative estimate of drug-likeness (QED) is 0.252. The summed E-state index contributed by atoms with van der Waals surface area (Å²) in [6.07, 6.45) is 0. The second kappa shape index (κ2) is 14.1. The van der Waals surface area contributed by atoms with E-state index in [0.29, 0.717) is 0 Å². The van der Waals surface area contributed by atoms with E-state index in [-0.39, 0.29) is 71.5 Å². The minimum Gasteiger partial charge on any atom is -0.480 e. The summed E-state index contributed by atoms with van der Waals surface area (Å²) in [5, 5.41) is 26.1. The van der Waals surface area contributed by atoms with Crippen LogP contribution >= 0.6 is 0 Å². The average molecular weight is 378 g/mol. The van der Waals surface area contributed by atoms with Crippen molar-refractivity contribution in [3.05, 3.63) is 0 Å². The number of Topliss-reactive ketones (excluding diaryl/α,β-unsaturated/α-hetero) is 1. The van der Waals surface area contributed by atoms with Crippen LogP contribution in [-0.2, 0) is 28.7 Å². The van der Waals surface area contributed by atoms with Crippen LogP contribution in [0.3, 0.4) is 0 Å². The Morgan fingerprint density at radius 2 is 1.00 bits per heavy atom. The Morgan fingerprint density at radius 1 is 0.654 bits per heavy atom. The lowest BCUT2D eigenvalue weighted by molar-refractivity contribution is -0.142. The van der Waals surface area contributed by atoms with E-state index in [1.165, 1.54) is 16.7 Å². The molecular formula is C15H26N2O9. The Kier molecular flexibility index (Phi) is 13.0. The lowest BCUT2D eigenvalue weighted by Gasteiger charge is -2.19. The van der Waals surface area contributed by atoms with Crippen LogP contribution in [0.4, 0.5) is 0 Å². The monoisotopic (exact) mass is 378 g/mol. The third-order valence-electron chi connectivity index (χ3n) is 3.00. The molecule has 150 valence electrons. The van der Waals surface area contributed by atoms with Crippen molar-refractivity contribution in [3.63, 3.8) is 0 Å². The molecule has 0 rings (SSSR count). The highest BCUT2D eigenvalue weighted by molar-refractivity contribution is 5.78. The van der Waals surface area contributed by atoms with Crippen LogP contribution in [0.5, 0.6) is 0 Å². The van der Waals surface area contributed by atoms with Crippen molar-refractivity contribution in [1.82, 2.24) is 9.80 Å². The van der Waals surface area contributed by atoms with Gasteiger partial charge in [-0.25, -0.2) is 0 Å². The second-order valence-electron chi connectivity index (χ2n) is 5.53. The topological polar surface area (TPSA) is 154 Å². The summed E-state index contributed by atoms with van der Waals surface area (Å²) in [5.41, 5.74) is 0. The largest absolute Gasteiger partial charge is 0.480 e. The van der Waals surface area contributed by atoms with Gasteiger partial charge in [-0.05, 0) is 6.92 Å². The molecule has 0 aliphatic carbocycles. The first-order chi connectivity index (χ1) is 12.2. The van der Waals surface area contributed by atoms with Crippen LogP contribution < -0.4 is 0 Å². The number of ketones is 1. The van der Waals surface area contributed by atoms with Gasteiger partial charge in [-0.3, -0.25) is 29.0 Å². The number of hydrogen-bond acceptors (Lipinski definition) is 8. The van der Waals surface area contributed by atoms with Gasteiger partial charge in [0.1, 0.15) is 5.78 Å². The molecule has 0 heterocycles. The molecule has 26 heavy (non-hydrogen) atoms. The SMILES string of the molecule is CC(=O)CN(CCOCCOCCN(CC(=O)O)CC(=O)O)CC(=O)O. The lowest BCUT2D eigenvalue weighted by Crippen LogP contribution is -2.37. The lowest BCUT2D eigenvalue weighted by atomic mass is 10.3. The molecule has 0 aliphatic rings. The third-order valence-corrected chi connectivity index (χ3v) is 3.00. The number of rotatable bonds is 17. The van der Waals surface area contributed by atoms with Crippen LogP contribution in [0.2, 0.25) is 0 Å². The molecule has 0 saturated carbocycles. The zero-order valence-electron chi connectivity index (χ0n) is 14.8. The van der Waals surface area contributed by atoms with Crippen molar-refractivity contribution < 1.29 is 44.0 Å². The summed E-state index contributed by atoms with van der Waals surface area (Å²) < 4.78 is 10.5. The van der Waals surface area contributed by atoms with E-state index in [2.05, 4.69) is 0 Å². The number of nitrogens with zero attached hydrogens (tertiary/aromatic N) is 2. The first-order valence-corrected chi connectivity index (χ1v) is 7.95. The molecule has 3 N–H and O–H groups in total. The molecule has 0 aromatic heterocycles. The minimum atomic E-state index is -1.12. The smallest absolute Gasteiger partial charge is 0.317 e. The van der Waals surface area contributed by atoms with Gasteiger partial charge in [-0.1, -0.05) is 0 Å². The number of carboxylic acid groups (broad SMARTS) is 3. The fourth-order valence-corrected chi connectivity index (χ4v) is 2.03. The molecule has 0 spiro atoms. The molecule has 0 saturated heterocycles. The Bertz CT molecular complexity index is 396. The Balaban J connectivity index is 3.83. The molecule has 11 nitrogen and oxygen atoms in total. The maximum absolute atomic E-state index is 11.1. The Labute approximate surface area is 151 Å². The van der Waals surface area contributed by atoms with Gasteiger partial charge < -0.3 is 24.8 Å². The number of carbonyl (C=O) groups excluding carboxylic acids is 1. The van der Waals surface area contributed by atoms with Crippen LogP contribution in [0.25, 0.3) is 0 Å². The first kappa shape index (κ1) is 23.9. The predicted molar refractivity (Wildman–Crippen MR) is 88.1 cm³/mol. The minimum absolute atomic E-state index is 0.0369.